The molecule has 0 atom stereocenters. The average molecular weight is 310 g/mol. The molecule has 1 fully saturated rings. The first kappa shape index (κ1) is 16.1. The van der Waals surface area contributed by atoms with E-state index in [4.69, 9.17) is 17.3 Å². The maximum atomic E-state index is 11.9. The predicted octanol–water partition coefficient (Wildman–Crippen LogP) is 3.37. The maximum absolute atomic E-state index is 11.9. The number of nitrogens with two attached hydrogens (primary N) is 1. The molecule has 0 saturated carbocycles. The standard InChI is InChI=1S/C16H24ClN3O/c1-16(2)7-9-20(11-16)8-3-4-15(21)19-12-5-6-13(17)14(18)10-12/h5-6,10H,3-4,7-9,11,18H2,1-2H3,(H,19,21). The summed E-state index contributed by atoms with van der Waals surface area (Å²) in [6.07, 6.45) is 2.65. The third-order valence-corrected chi connectivity index (χ3v) is 4.26. The first-order valence-electron chi connectivity index (χ1n) is 7.43. The minimum Gasteiger partial charge on any atom is -0.397 e. The minimum atomic E-state index is 0.0233. The molecular weight excluding hydrogens is 286 g/mol. The third-order valence-electron chi connectivity index (χ3n) is 3.91. The number of nitrogens with zero attached hydrogens (tertiary/aromatic N) is 1. The fraction of sp³-hybridized carbons (Fsp3) is 0.562. The zero-order valence-electron chi connectivity index (χ0n) is 12.8. The number of amides is 1. The van der Waals surface area contributed by atoms with E-state index in [-0.39, 0.29) is 5.91 Å². The lowest BCUT2D eigenvalue weighted by molar-refractivity contribution is -0.116. The van der Waals surface area contributed by atoms with E-state index in [0.717, 1.165) is 26.1 Å². The Morgan fingerprint density at radius 1 is 1.48 bits per heavy atom. The summed E-state index contributed by atoms with van der Waals surface area (Å²) in [4.78, 5) is 14.3. The van der Waals surface area contributed by atoms with Gasteiger partial charge in [-0.05, 0) is 49.5 Å². The van der Waals surface area contributed by atoms with Crippen molar-refractivity contribution in [3.8, 4) is 0 Å². The van der Waals surface area contributed by atoms with Crippen molar-refractivity contribution >= 4 is 28.9 Å². The quantitative estimate of drug-likeness (QED) is 0.820. The normalized spacial score (nSPS) is 17.9. The molecule has 1 aliphatic rings. The molecule has 0 spiro atoms. The summed E-state index contributed by atoms with van der Waals surface area (Å²) in [5.74, 6) is 0.0233. The molecule has 0 bridgehead atoms. The van der Waals surface area contributed by atoms with E-state index in [1.165, 1.54) is 6.42 Å². The molecule has 1 saturated heterocycles. The summed E-state index contributed by atoms with van der Waals surface area (Å²) in [5.41, 5.74) is 7.31. The summed E-state index contributed by atoms with van der Waals surface area (Å²) in [6, 6.07) is 5.14. The summed E-state index contributed by atoms with van der Waals surface area (Å²) in [6.45, 7) is 7.85. The van der Waals surface area contributed by atoms with Gasteiger partial charge in [0.2, 0.25) is 5.91 Å². The second-order valence-corrected chi connectivity index (χ2v) is 6.99. The van der Waals surface area contributed by atoms with Crippen LogP contribution in [-0.2, 0) is 4.79 Å². The summed E-state index contributed by atoms with van der Waals surface area (Å²) >= 11 is 5.85. The van der Waals surface area contributed by atoms with Gasteiger partial charge in [-0.3, -0.25) is 4.79 Å². The van der Waals surface area contributed by atoms with Crippen LogP contribution in [0.2, 0.25) is 5.02 Å². The molecule has 0 aliphatic carbocycles. The molecule has 0 radical (unpaired) electrons. The molecule has 1 aliphatic heterocycles. The molecule has 0 aromatic heterocycles. The number of nitrogens with one attached hydrogen (secondary N) is 1. The zero-order valence-corrected chi connectivity index (χ0v) is 13.5. The molecule has 1 aromatic rings. The highest BCUT2D eigenvalue weighted by atomic mass is 35.5. The minimum absolute atomic E-state index is 0.0233. The Balaban J connectivity index is 1.71. The first-order chi connectivity index (χ1) is 9.85. The van der Waals surface area contributed by atoms with Crippen LogP contribution in [0.5, 0.6) is 0 Å². The van der Waals surface area contributed by atoms with Crippen LogP contribution >= 0.6 is 11.6 Å². The lowest BCUT2D eigenvalue weighted by Gasteiger charge is -2.19. The Hall–Kier alpha value is -1.26. The highest BCUT2D eigenvalue weighted by molar-refractivity contribution is 6.33. The fourth-order valence-corrected chi connectivity index (χ4v) is 2.84. The SMILES string of the molecule is CC1(C)CCN(CCCC(=O)Nc2ccc(Cl)c(N)c2)C1. The van der Waals surface area contributed by atoms with E-state index < -0.39 is 0 Å². The second kappa shape index (κ2) is 6.67. The van der Waals surface area contributed by atoms with Crippen molar-refractivity contribution in [1.82, 2.24) is 4.90 Å². The van der Waals surface area contributed by atoms with Crippen molar-refractivity contribution < 1.29 is 4.79 Å². The van der Waals surface area contributed by atoms with Crippen LogP contribution in [0, 0.1) is 5.41 Å². The Morgan fingerprint density at radius 2 is 2.24 bits per heavy atom. The topological polar surface area (TPSA) is 58.4 Å². The van der Waals surface area contributed by atoms with Crippen LogP contribution in [-0.4, -0.2) is 30.4 Å². The van der Waals surface area contributed by atoms with Crippen molar-refractivity contribution in [1.29, 1.82) is 0 Å². The number of nitrogen functional groups attached to an aromatic ring is 1. The molecule has 21 heavy (non-hydrogen) atoms. The van der Waals surface area contributed by atoms with E-state index in [1.54, 1.807) is 18.2 Å². The van der Waals surface area contributed by atoms with Crippen LogP contribution in [0.3, 0.4) is 0 Å². The average Bonchev–Trinajstić information content (AvgIpc) is 2.73. The highest BCUT2D eigenvalue weighted by Gasteiger charge is 2.28. The summed E-state index contributed by atoms with van der Waals surface area (Å²) < 4.78 is 0. The maximum Gasteiger partial charge on any atom is 0.224 e. The van der Waals surface area contributed by atoms with Crippen LogP contribution in [0.4, 0.5) is 11.4 Å². The van der Waals surface area contributed by atoms with E-state index in [2.05, 4.69) is 24.1 Å². The van der Waals surface area contributed by atoms with Crippen molar-refractivity contribution in [2.24, 2.45) is 5.41 Å². The van der Waals surface area contributed by atoms with Crippen LogP contribution in [0.1, 0.15) is 33.1 Å². The van der Waals surface area contributed by atoms with Gasteiger partial charge in [-0.2, -0.15) is 0 Å². The van der Waals surface area contributed by atoms with Gasteiger partial charge < -0.3 is 16.0 Å². The molecule has 4 nitrogen and oxygen atoms in total. The summed E-state index contributed by atoms with van der Waals surface area (Å²) in [5, 5.41) is 3.36. The number of likely N-dealkylation sites (tertiary alicyclic amines) is 1. The number of hydrogen-bond acceptors (Lipinski definition) is 3. The van der Waals surface area contributed by atoms with Gasteiger partial charge in [-0.25, -0.2) is 0 Å². The smallest absolute Gasteiger partial charge is 0.224 e. The van der Waals surface area contributed by atoms with Crippen molar-refractivity contribution in [3.05, 3.63) is 23.2 Å². The number of halogens is 1. The number of benzene rings is 1. The molecule has 1 heterocycles. The molecule has 116 valence electrons. The van der Waals surface area contributed by atoms with Gasteiger partial charge in [0.15, 0.2) is 0 Å². The van der Waals surface area contributed by atoms with Gasteiger partial charge in [-0.15, -0.1) is 0 Å². The van der Waals surface area contributed by atoms with Crippen molar-refractivity contribution in [2.75, 3.05) is 30.7 Å². The van der Waals surface area contributed by atoms with E-state index in [1.807, 2.05) is 0 Å². The van der Waals surface area contributed by atoms with Gasteiger partial charge in [0.1, 0.15) is 0 Å². The zero-order chi connectivity index (χ0) is 15.5. The number of hydrogen-bond donors (Lipinski definition) is 2. The summed E-state index contributed by atoms with van der Waals surface area (Å²) in [7, 11) is 0. The van der Waals surface area contributed by atoms with Crippen molar-refractivity contribution in [2.45, 2.75) is 33.1 Å². The Labute approximate surface area is 131 Å². The van der Waals surface area contributed by atoms with Gasteiger partial charge in [0, 0.05) is 18.7 Å². The van der Waals surface area contributed by atoms with Gasteiger partial charge in [-0.1, -0.05) is 25.4 Å². The Morgan fingerprint density at radius 3 is 2.86 bits per heavy atom. The van der Waals surface area contributed by atoms with Gasteiger partial charge >= 0.3 is 0 Å². The lowest BCUT2D eigenvalue weighted by Crippen LogP contribution is -2.25. The van der Waals surface area contributed by atoms with E-state index in [0.29, 0.717) is 28.2 Å². The molecule has 1 aromatic carbocycles. The molecule has 2 rings (SSSR count). The molecule has 0 unspecified atom stereocenters. The second-order valence-electron chi connectivity index (χ2n) is 6.58. The first-order valence-corrected chi connectivity index (χ1v) is 7.81. The van der Waals surface area contributed by atoms with E-state index in [9.17, 15) is 4.79 Å². The third kappa shape index (κ3) is 4.90. The molecule has 1 amide bonds. The number of carbonyl (C=O) groups is 1. The number of carbonyl (C=O) groups excluding carboxylic acids is 1. The van der Waals surface area contributed by atoms with Crippen LogP contribution in [0.15, 0.2) is 18.2 Å². The number of rotatable bonds is 5. The van der Waals surface area contributed by atoms with E-state index >= 15 is 0 Å². The highest BCUT2D eigenvalue weighted by Crippen LogP contribution is 2.28. The molecule has 3 N–H and O–H groups in total. The monoisotopic (exact) mass is 309 g/mol. The largest absolute Gasteiger partial charge is 0.397 e. The molecular formula is C16H24ClN3O. The van der Waals surface area contributed by atoms with Gasteiger partial charge in [0.05, 0.1) is 10.7 Å². The predicted molar refractivity (Wildman–Crippen MR) is 88.6 cm³/mol. The Kier molecular flexibility index (Phi) is 5.12. The van der Waals surface area contributed by atoms with Crippen LogP contribution in [0.25, 0.3) is 0 Å². The van der Waals surface area contributed by atoms with Gasteiger partial charge in [0.25, 0.3) is 0 Å². The van der Waals surface area contributed by atoms with Crippen LogP contribution < -0.4 is 11.1 Å². The number of anilines is 2. The fourth-order valence-electron chi connectivity index (χ4n) is 2.72. The Bertz CT molecular complexity index is 516. The van der Waals surface area contributed by atoms with Crippen molar-refractivity contribution in [3.63, 3.8) is 0 Å². The lowest BCUT2D eigenvalue weighted by atomic mass is 9.93. The molecule has 5 heteroatoms.